The number of hydrogen-bond donors (Lipinski definition) is 1. The summed E-state index contributed by atoms with van der Waals surface area (Å²) in [6.45, 7) is -1.03. The topological polar surface area (TPSA) is 121 Å². The molecule has 1 aromatic heterocycles. The van der Waals surface area contributed by atoms with Crippen molar-refractivity contribution < 1.29 is 24.0 Å². The van der Waals surface area contributed by atoms with E-state index in [9.17, 15) is 19.7 Å². The quantitative estimate of drug-likeness (QED) is 0.431. The second kappa shape index (κ2) is 8.97. The zero-order valence-corrected chi connectivity index (χ0v) is 14.5. The molecule has 26 heavy (non-hydrogen) atoms. The van der Waals surface area contributed by atoms with Crippen molar-refractivity contribution in [2.24, 2.45) is 0 Å². The highest BCUT2D eigenvalue weighted by atomic mass is 35.5. The van der Waals surface area contributed by atoms with Crippen molar-refractivity contribution in [1.29, 1.82) is 0 Å². The van der Waals surface area contributed by atoms with Gasteiger partial charge in [0, 0.05) is 18.3 Å². The van der Waals surface area contributed by atoms with E-state index < -0.39 is 30.0 Å². The van der Waals surface area contributed by atoms with Gasteiger partial charge in [0.1, 0.15) is 5.75 Å². The first-order valence-electron chi connectivity index (χ1n) is 6.99. The summed E-state index contributed by atoms with van der Waals surface area (Å²) in [5, 5.41) is 13.3. The van der Waals surface area contributed by atoms with Crippen molar-refractivity contribution in [3.05, 3.63) is 56.7 Å². The Kier molecular flexibility index (Phi) is 6.70. The van der Waals surface area contributed by atoms with Gasteiger partial charge in [-0.2, -0.15) is 0 Å². The number of benzene rings is 1. The molecule has 9 nitrogen and oxygen atoms in total. The molecule has 0 aliphatic carbocycles. The highest BCUT2D eigenvalue weighted by Crippen LogP contribution is 2.22. The number of ether oxygens (including phenoxy) is 2. The molecule has 11 heteroatoms. The summed E-state index contributed by atoms with van der Waals surface area (Å²) >= 11 is 11.5. The number of amides is 1. The lowest BCUT2D eigenvalue weighted by molar-refractivity contribution is -0.384. The van der Waals surface area contributed by atoms with Gasteiger partial charge in [0.15, 0.2) is 19.0 Å². The van der Waals surface area contributed by atoms with Gasteiger partial charge in [-0.25, -0.2) is 9.78 Å². The minimum absolute atomic E-state index is 0.0826. The Hall–Kier alpha value is -2.91. The van der Waals surface area contributed by atoms with Crippen LogP contribution in [0.3, 0.4) is 0 Å². The van der Waals surface area contributed by atoms with Gasteiger partial charge in [0.25, 0.3) is 11.6 Å². The van der Waals surface area contributed by atoms with Crippen LogP contribution in [0.5, 0.6) is 5.75 Å². The Bertz CT molecular complexity index is 829. The summed E-state index contributed by atoms with van der Waals surface area (Å²) in [5.41, 5.74) is -0.105. The number of hydrogen-bond acceptors (Lipinski definition) is 7. The van der Waals surface area contributed by atoms with Gasteiger partial charge in [-0.1, -0.05) is 23.2 Å². The molecule has 0 radical (unpaired) electrons. The molecule has 0 bridgehead atoms. The first kappa shape index (κ1) is 19.4. The number of esters is 1. The molecule has 1 aromatic carbocycles. The average Bonchev–Trinajstić information content (AvgIpc) is 2.61. The Morgan fingerprint density at radius 2 is 1.88 bits per heavy atom. The molecule has 2 rings (SSSR count). The third-order valence-electron chi connectivity index (χ3n) is 2.83. The van der Waals surface area contributed by atoms with Crippen molar-refractivity contribution in [3.63, 3.8) is 0 Å². The number of carbonyl (C=O) groups excluding carboxylic acids is 2. The Morgan fingerprint density at radius 1 is 1.19 bits per heavy atom. The fourth-order valence-corrected chi connectivity index (χ4v) is 2.10. The number of pyridine rings is 1. The number of nitro groups is 1. The summed E-state index contributed by atoms with van der Waals surface area (Å²) in [7, 11) is 0. The second-order valence-corrected chi connectivity index (χ2v) is 5.58. The molecule has 0 saturated carbocycles. The normalized spacial score (nSPS) is 10.1. The summed E-state index contributed by atoms with van der Waals surface area (Å²) in [5.74, 6) is -1.12. The van der Waals surface area contributed by atoms with Gasteiger partial charge in [-0.05, 0) is 18.2 Å². The molecule has 0 unspecified atom stereocenters. The summed E-state index contributed by atoms with van der Waals surface area (Å²) in [6.07, 6.45) is 1.30. The molecule has 1 heterocycles. The van der Waals surface area contributed by atoms with E-state index in [0.29, 0.717) is 5.02 Å². The molecule has 0 spiro atoms. The van der Waals surface area contributed by atoms with Gasteiger partial charge in [-0.15, -0.1) is 0 Å². The Labute approximate surface area is 157 Å². The first-order valence-corrected chi connectivity index (χ1v) is 7.74. The molecule has 136 valence electrons. The Balaban J connectivity index is 1.75. The minimum atomic E-state index is -0.798. The molecule has 0 saturated heterocycles. The van der Waals surface area contributed by atoms with Crippen molar-refractivity contribution in [2.75, 3.05) is 18.5 Å². The van der Waals surface area contributed by atoms with E-state index in [1.165, 1.54) is 36.5 Å². The summed E-state index contributed by atoms with van der Waals surface area (Å²) in [4.78, 5) is 37.1. The van der Waals surface area contributed by atoms with E-state index in [1.54, 1.807) is 0 Å². The number of nitrogens with one attached hydrogen (secondary N) is 1. The van der Waals surface area contributed by atoms with Crippen LogP contribution in [-0.4, -0.2) is 35.0 Å². The predicted molar refractivity (Wildman–Crippen MR) is 92.4 cm³/mol. The van der Waals surface area contributed by atoms with Crippen LogP contribution in [0.2, 0.25) is 10.0 Å². The fourth-order valence-electron chi connectivity index (χ4n) is 1.67. The SMILES string of the molecule is O=C(COC(=O)COc1ccc([N+](=O)[O-])cc1)Nc1ncc(Cl)cc1Cl. The average molecular weight is 400 g/mol. The summed E-state index contributed by atoms with van der Waals surface area (Å²) < 4.78 is 9.85. The highest BCUT2D eigenvalue weighted by molar-refractivity contribution is 6.36. The Morgan fingerprint density at radius 3 is 2.50 bits per heavy atom. The maximum atomic E-state index is 11.7. The number of non-ortho nitro benzene ring substituents is 1. The number of nitrogens with zero attached hydrogens (tertiary/aromatic N) is 2. The van der Waals surface area contributed by atoms with E-state index in [4.69, 9.17) is 32.7 Å². The zero-order valence-electron chi connectivity index (χ0n) is 13.0. The maximum absolute atomic E-state index is 11.7. The van der Waals surface area contributed by atoms with Crippen LogP contribution in [0, 0.1) is 10.1 Å². The second-order valence-electron chi connectivity index (χ2n) is 4.73. The molecule has 1 N–H and O–H groups in total. The van der Waals surface area contributed by atoms with E-state index >= 15 is 0 Å². The van der Waals surface area contributed by atoms with Crippen LogP contribution in [-0.2, 0) is 14.3 Å². The lowest BCUT2D eigenvalue weighted by atomic mass is 10.3. The monoisotopic (exact) mass is 399 g/mol. The van der Waals surface area contributed by atoms with Crippen molar-refractivity contribution >= 4 is 46.6 Å². The van der Waals surface area contributed by atoms with Crippen LogP contribution in [0.15, 0.2) is 36.5 Å². The molecular weight excluding hydrogens is 389 g/mol. The van der Waals surface area contributed by atoms with Crippen LogP contribution >= 0.6 is 23.2 Å². The van der Waals surface area contributed by atoms with Gasteiger partial charge in [-0.3, -0.25) is 14.9 Å². The molecule has 1 amide bonds. The lowest BCUT2D eigenvalue weighted by Gasteiger charge is -2.08. The predicted octanol–water partition coefficient (Wildman–Crippen LogP) is 2.86. The number of nitro benzene ring substituents is 1. The van der Waals surface area contributed by atoms with Crippen LogP contribution in [0.1, 0.15) is 0 Å². The van der Waals surface area contributed by atoms with E-state index in [0.717, 1.165) is 0 Å². The number of halogens is 2. The first-order chi connectivity index (χ1) is 12.3. The van der Waals surface area contributed by atoms with E-state index in [1.807, 2.05) is 0 Å². The minimum Gasteiger partial charge on any atom is -0.482 e. The number of anilines is 1. The number of rotatable bonds is 7. The van der Waals surface area contributed by atoms with Gasteiger partial charge >= 0.3 is 5.97 Å². The molecule has 0 atom stereocenters. The van der Waals surface area contributed by atoms with Gasteiger partial charge in [0.05, 0.1) is 15.0 Å². The smallest absolute Gasteiger partial charge is 0.344 e. The fraction of sp³-hybridized carbons (Fsp3) is 0.133. The largest absolute Gasteiger partial charge is 0.482 e. The molecule has 0 aliphatic rings. The van der Waals surface area contributed by atoms with Crippen LogP contribution < -0.4 is 10.1 Å². The molecule has 0 fully saturated rings. The standard InChI is InChI=1S/C15H11Cl2N3O6/c16-9-5-12(17)15(18-6-9)19-13(21)7-26-14(22)8-25-11-3-1-10(2-4-11)20(23)24/h1-6H,7-8H2,(H,18,19,21). The van der Waals surface area contributed by atoms with Crippen molar-refractivity contribution in [2.45, 2.75) is 0 Å². The third kappa shape index (κ3) is 5.87. The maximum Gasteiger partial charge on any atom is 0.344 e. The third-order valence-corrected chi connectivity index (χ3v) is 3.33. The molecular formula is C15H11Cl2N3O6. The zero-order chi connectivity index (χ0) is 19.1. The van der Waals surface area contributed by atoms with Crippen molar-refractivity contribution in [3.8, 4) is 5.75 Å². The van der Waals surface area contributed by atoms with Crippen LogP contribution in [0.25, 0.3) is 0 Å². The van der Waals surface area contributed by atoms with Crippen molar-refractivity contribution in [1.82, 2.24) is 4.98 Å². The van der Waals surface area contributed by atoms with E-state index in [-0.39, 0.29) is 22.3 Å². The number of aromatic nitrogens is 1. The summed E-state index contributed by atoms with van der Waals surface area (Å²) in [6, 6.07) is 6.54. The number of carbonyl (C=O) groups is 2. The molecule has 0 aliphatic heterocycles. The lowest BCUT2D eigenvalue weighted by Crippen LogP contribution is -2.24. The highest BCUT2D eigenvalue weighted by Gasteiger charge is 2.12. The molecule has 2 aromatic rings. The van der Waals surface area contributed by atoms with Gasteiger partial charge < -0.3 is 14.8 Å². The van der Waals surface area contributed by atoms with Gasteiger partial charge in [0.2, 0.25) is 0 Å². The van der Waals surface area contributed by atoms with E-state index in [2.05, 4.69) is 10.3 Å². The van der Waals surface area contributed by atoms with Crippen LogP contribution in [0.4, 0.5) is 11.5 Å².